The van der Waals surface area contributed by atoms with Crippen molar-refractivity contribution in [3.63, 3.8) is 0 Å². The fourth-order valence-electron chi connectivity index (χ4n) is 2.29. The van der Waals surface area contributed by atoms with E-state index in [1.807, 2.05) is 36.4 Å². The highest BCUT2D eigenvalue weighted by atomic mass is 35.5. The van der Waals surface area contributed by atoms with Crippen molar-refractivity contribution in [3.8, 4) is 11.5 Å². The molecule has 3 aromatic rings. The summed E-state index contributed by atoms with van der Waals surface area (Å²) < 4.78 is 22.2. The Balaban J connectivity index is 1.98. The Morgan fingerprint density at radius 3 is 2.67 bits per heavy atom. The number of halogens is 2. The van der Waals surface area contributed by atoms with Gasteiger partial charge in [-0.25, -0.2) is 4.39 Å². The van der Waals surface area contributed by atoms with E-state index in [0.717, 1.165) is 16.8 Å². The number of nitrogens with two attached hydrogens (primary N) is 1. The zero-order valence-corrected chi connectivity index (χ0v) is 13.8. The molecular weight excluding hydrogens is 351 g/mol. The number of hydrogen-bond donors (Lipinski definition) is 2. The minimum absolute atomic E-state index is 0.122. The highest BCUT2D eigenvalue weighted by Crippen LogP contribution is 2.35. The third-order valence-electron chi connectivity index (χ3n) is 3.39. The number of carbonyl (C=O) groups excluding carboxylic acids is 1. The van der Waals surface area contributed by atoms with Crippen LogP contribution in [0.3, 0.4) is 0 Å². The number of nitrogens with one attached hydrogen (secondary N) is 1. The molecule has 1 amide bonds. The molecule has 0 atom stereocenters. The first-order valence-corrected chi connectivity index (χ1v) is 8.16. The maximum absolute atomic E-state index is 14.2. The molecule has 0 aliphatic heterocycles. The molecule has 0 aliphatic rings. The lowest BCUT2D eigenvalue weighted by Gasteiger charge is -2.12. The average Bonchev–Trinajstić information content (AvgIpc) is 2.58. The molecular formula is C17H12ClFN2O2S. The number of ether oxygens (including phenoxy) is 1. The standard InChI is InChI=1S/C17H12ClFN2O2S/c18-13-8-12(17(22)21-24-20)14(19)9-16(13)23-15-7-3-5-10-4-1-2-6-11(10)15/h1-9H,20H2,(H,21,22). The van der Waals surface area contributed by atoms with Crippen LogP contribution in [0.15, 0.2) is 54.6 Å². The monoisotopic (exact) mass is 362 g/mol. The predicted octanol–water partition coefficient (Wildman–Crippen LogP) is 4.68. The van der Waals surface area contributed by atoms with Gasteiger partial charge in [0, 0.05) is 23.6 Å². The number of carbonyl (C=O) groups is 1. The van der Waals surface area contributed by atoms with Gasteiger partial charge in [0.2, 0.25) is 0 Å². The highest BCUT2D eigenvalue weighted by Gasteiger charge is 2.16. The summed E-state index contributed by atoms with van der Waals surface area (Å²) in [5.74, 6) is -0.744. The molecule has 0 fully saturated rings. The van der Waals surface area contributed by atoms with Crippen LogP contribution >= 0.6 is 23.7 Å². The van der Waals surface area contributed by atoms with Crippen molar-refractivity contribution in [3.05, 3.63) is 71.0 Å². The lowest BCUT2D eigenvalue weighted by atomic mass is 10.1. The van der Waals surface area contributed by atoms with E-state index in [2.05, 4.69) is 4.72 Å². The van der Waals surface area contributed by atoms with Crippen LogP contribution < -0.4 is 14.6 Å². The third kappa shape index (κ3) is 3.31. The second-order valence-corrected chi connectivity index (χ2v) is 5.74. The van der Waals surface area contributed by atoms with Gasteiger partial charge in [0.1, 0.15) is 17.3 Å². The van der Waals surface area contributed by atoms with Crippen molar-refractivity contribution in [1.29, 1.82) is 0 Å². The molecule has 0 saturated carbocycles. The van der Waals surface area contributed by atoms with E-state index < -0.39 is 11.7 Å². The number of rotatable bonds is 4. The number of hydrogen-bond acceptors (Lipinski definition) is 4. The van der Waals surface area contributed by atoms with Gasteiger partial charge in [0.05, 0.1) is 10.6 Å². The van der Waals surface area contributed by atoms with Crippen LogP contribution in [0, 0.1) is 5.82 Å². The average molecular weight is 363 g/mol. The first kappa shape index (κ1) is 16.6. The largest absolute Gasteiger partial charge is 0.455 e. The first-order chi connectivity index (χ1) is 11.6. The number of benzene rings is 3. The van der Waals surface area contributed by atoms with Gasteiger partial charge in [0.15, 0.2) is 0 Å². The van der Waals surface area contributed by atoms with Gasteiger partial charge in [-0.3, -0.25) is 14.7 Å². The summed E-state index contributed by atoms with van der Waals surface area (Å²) in [6.07, 6.45) is 0. The maximum Gasteiger partial charge on any atom is 0.265 e. The Kier molecular flexibility index (Phi) is 4.89. The van der Waals surface area contributed by atoms with Gasteiger partial charge < -0.3 is 4.74 Å². The number of fused-ring (bicyclic) bond motifs is 1. The molecule has 122 valence electrons. The molecule has 3 aromatic carbocycles. The molecule has 0 bridgehead atoms. The molecule has 24 heavy (non-hydrogen) atoms. The summed E-state index contributed by atoms with van der Waals surface area (Å²) in [6, 6.07) is 15.5. The Bertz CT molecular complexity index is 915. The molecule has 0 spiro atoms. The minimum Gasteiger partial charge on any atom is -0.455 e. The van der Waals surface area contributed by atoms with Crippen molar-refractivity contribution in [2.45, 2.75) is 0 Å². The predicted molar refractivity (Wildman–Crippen MR) is 94.7 cm³/mol. The van der Waals surface area contributed by atoms with Gasteiger partial charge in [-0.2, -0.15) is 0 Å². The van der Waals surface area contributed by atoms with Crippen molar-refractivity contribution in [1.82, 2.24) is 4.72 Å². The molecule has 0 saturated heterocycles. The molecule has 0 unspecified atom stereocenters. The Morgan fingerprint density at radius 2 is 1.88 bits per heavy atom. The lowest BCUT2D eigenvalue weighted by molar-refractivity contribution is 0.0980. The van der Waals surface area contributed by atoms with Crippen molar-refractivity contribution < 1.29 is 13.9 Å². The van der Waals surface area contributed by atoms with Crippen LogP contribution in [-0.4, -0.2) is 5.91 Å². The molecule has 0 aliphatic carbocycles. The number of amides is 1. The van der Waals surface area contributed by atoms with E-state index in [4.69, 9.17) is 21.5 Å². The lowest BCUT2D eigenvalue weighted by Crippen LogP contribution is -2.19. The zero-order valence-electron chi connectivity index (χ0n) is 12.3. The molecule has 3 N–H and O–H groups in total. The van der Waals surface area contributed by atoms with Crippen LogP contribution in [-0.2, 0) is 0 Å². The highest BCUT2D eigenvalue weighted by molar-refractivity contribution is 7.95. The molecule has 0 radical (unpaired) electrons. The van der Waals surface area contributed by atoms with Crippen molar-refractivity contribution in [2.24, 2.45) is 5.14 Å². The normalized spacial score (nSPS) is 10.6. The van der Waals surface area contributed by atoms with Crippen LogP contribution in [0.2, 0.25) is 5.02 Å². The van der Waals surface area contributed by atoms with Gasteiger partial charge in [-0.15, -0.1) is 0 Å². The quantitative estimate of drug-likeness (QED) is 0.661. The van der Waals surface area contributed by atoms with E-state index in [9.17, 15) is 9.18 Å². The maximum atomic E-state index is 14.2. The van der Waals surface area contributed by atoms with Crippen LogP contribution in [0.5, 0.6) is 11.5 Å². The SMILES string of the molecule is NSNC(=O)c1cc(Cl)c(Oc2cccc3ccccc23)cc1F. The molecule has 4 nitrogen and oxygen atoms in total. The van der Waals surface area contributed by atoms with Gasteiger partial charge in [-0.1, -0.05) is 48.0 Å². The summed E-state index contributed by atoms with van der Waals surface area (Å²) in [4.78, 5) is 11.7. The van der Waals surface area contributed by atoms with E-state index in [1.165, 1.54) is 6.07 Å². The summed E-state index contributed by atoms with van der Waals surface area (Å²) in [6.45, 7) is 0. The summed E-state index contributed by atoms with van der Waals surface area (Å²) >= 11 is 6.72. The second-order valence-electron chi connectivity index (χ2n) is 4.89. The van der Waals surface area contributed by atoms with E-state index in [0.29, 0.717) is 17.9 Å². The Morgan fingerprint density at radius 1 is 1.12 bits per heavy atom. The molecule has 7 heteroatoms. The minimum atomic E-state index is -0.749. The van der Waals surface area contributed by atoms with Crippen LogP contribution in [0.25, 0.3) is 10.8 Å². The van der Waals surface area contributed by atoms with Crippen LogP contribution in [0.4, 0.5) is 4.39 Å². The summed E-state index contributed by atoms with van der Waals surface area (Å²) in [7, 11) is 0. The fourth-order valence-corrected chi connectivity index (χ4v) is 2.71. The third-order valence-corrected chi connectivity index (χ3v) is 3.99. The van der Waals surface area contributed by atoms with Gasteiger partial charge >= 0.3 is 0 Å². The second kappa shape index (κ2) is 7.09. The summed E-state index contributed by atoms with van der Waals surface area (Å²) in [5.41, 5.74) is -0.205. The van der Waals surface area contributed by atoms with Crippen LogP contribution in [0.1, 0.15) is 10.4 Å². The van der Waals surface area contributed by atoms with Gasteiger partial charge in [-0.05, 0) is 17.5 Å². The Hall–Kier alpha value is -2.28. The molecule has 3 rings (SSSR count). The van der Waals surface area contributed by atoms with Crippen molar-refractivity contribution >= 4 is 40.4 Å². The topological polar surface area (TPSA) is 64.3 Å². The van der Waals surface area contributed by atoms with E-state index in [1.54, 1.807) is 6.07 Å². The Labute approximate surface area is 147 Å². The fraction of sp³-hybridized carbons (Fsp3) is 0. The van der Waals surface area contributed by atoms with E-state index in [-0.39, 0.29) is 16.3 Å². The van der Waals surface area contributed by atoms with E-state index >= 15 is 0 Å². The van der Waals surface area contributed by atoms with Gasteiger partial charge in [0.25, 0.3) is 5.91 Å². The molecule has 0 aromatic heterocycles. The smallest absolute Gasteiger partial charge is 0.265 e. The summed E-state index contributed by atoms with van der Waals surface area (Å²) in [5, 5.41) is 7.13. The first-order valence-electron chi connectivity index (χ1n) is 6.91. The zero-order chi connectivity index (χ0) is 17.1. The molecule has 0 heterocycles. The van der Waals surface area contributed by atoms with Crippen molar-refractivity contribution in [2.75, 3.05) is 0 Å².